The highest BCUT2D eigenvalue weighted by molar-refractivity contribution is 5.66. The average Bonchev–Trinajstić information content (AvgIpc) is 2.80. The average molecular weight is 201 g/mol. The number of aromatic amines is 1. The SMILES string of the molecule is c1cncnc1.c1ncc2[nH]nnc2n1. The topological polar surface area (TPSA) is 93.1 Å². The molecule has 3 aromatic rings. The van der Waals surface area contributed by atoms with Crippen LogP contribution in [0, 0.1) is 0 Å². The predicted octanol–water partition coefficient (Wildman–Crippen LogP) is 0.224. The Labute approximate surface area is 84.6 Å². The maximum absolute atomic E-state index is 3.83. The summed E-state index contributed by atoms with van der Waals surface area (Å²) >= 11 is 0. The molecule has 3 heterocycles. The van der Waals surface area contributed by atoms with Gasteiger partial charge in [0.1, 0.15) is 18.2 Å². The summed E-state index contributed by atoms with van der Waals surface area (Å²) in [5.74, 6) is 0. The van der Waals surface area contributed by atoms with Crippen LogP contribution in [-0.4, -0.2) is 35.3 Å². The molecule has 0 aliphatic rings. The summed E-state index contributed by atoms with van der Waals surface area (Å²) in [5, 5.41) is 9.82. The van der Waals surface area contributed by atoms with Gasteiger partial charge in [-0.15, -0.1) is 5.10 Å². The van der Waals surface area contributed by atoms with E-state index in [4.69, 9.17) is 0 Å². The molecule has 7 heteroatoms. The number of fused-ring (bicyclic) bond motifs is 1. The quantitative estimate of drug-likeness (QED) is 0.559. The fourth-order valence-electron chi connectivity index (χ4n) is 0.861. The molecule has 0 aromatic carbocycles. The predicted molar refractivity (Wildman–Crippen MR) is 51.5 cm³/mol. The Balaban J connectivity index is 0.000000124. The third kappa shape index (κ3) is 2.50. The van der Waals surface area contributed by atoms with Gasteiger partial charge in [0.25, 0.3) is 0 Å². The van der Waals surface area contributed by atoms with Crippen LogP contribution in [-0.2, 0) is 0 Å². The van der Waals surface area contributed by atoms with Crippen LogP contribution in [0.5, 0.6) is 0 Å². The number of hydrogen-bond donors (Lipinski definition) is 1. The van der Waals surface area contributed by atoms with Gasteiger partial charge in [-0.05, 0) is 6.07 Å². The van der Waals surface area contributed by atoms with Crippen molar-refractivity contribution in [2.75, 3.05) is 0 Å². The van der Waals surface area contributed by atoms with Crippen molar-refractivity contribution in [1.82, 2.24) is 35.3 Å². The summed E-state index contributed by atoms with van der Waals surface area (Å²) in [6, 6.07) is 1.78. The first-order valence-corrected chi connectivity index (χ1v) is 4.13. The van der Waals surface area contributed by atoms with Crippen molar-refractivity contribution in [3.8, 4) is 0 Å². The molecule has 0 saturated heterocycles. The van der Waals surface area contributed by atoms with Crippen molar-refractivity contribution in [3.05, 3.63) is 37.3 Å². The molecule has 0 atom stereocenters. The number of H-pyrrole nitrogens is 1. The zero-order chi connectivity index (χ0) is 10.3. The van der Waals surface area contributed by atoms with Crippen LogP contribution in [0.2, 0.25) is 0 Å². The third-order valence-corrected chi connectivity index (χ3v) is 1.48. The minimum absolute atomic E-state index is 0.602. The first-order valence-electron chi connectivity index (χ1n) is 4.13. The van der Waals surface area contributed by atoms with E-state index in [1.165, 1.54) is 12.7 Å². The summed E-state index contributed by atoms with van der Waals surface area (Å²) in [4.78, 5) is 14.9. The minimum Gasteiger partial charge on any atom is -0.254 e. The Bertz CT molecular complexity index is 449. The first-order chi connectivity index (χ1) is 7.47. The van der Waals surface area contributed by atoms with E-state index in [9.17, 15) is 0 Å². The van der Waals surface area contributed by atoms with Gasteiger partial charge in [-0.2, -0.15) is 0 Å². The van der Waals surface area contributed by atoms with Gasteiger partial charge in [-0.25, -0.2) is 19.9 Å². The second-order valence-corrected chi connectivity index (χ2v) is 2.48. The van der Waals surface area contributed by atoms with E-state index in [1.807, 2.05) is 0 Å². The van der Waals surface area contributed by atoms with Crippen LogP contribution in [0.4, 0.5) is 0 Å². The summed E-state index contributed by atoms with van der Waals surface area (Å²) < 4.78 is 0. The maximum Gasteiger partial charge on any atom is 0.204 e. The number of rotatable bonds is 0. The van der Waals surface area contributed by atoms with E-state index in [0.29, 0.717) is 5.65 Å². The van der Waals surface area contributed by atoms with Crippen molar-refractivity contribution in [2.45, 2.75) is 0 Å². The van der Waals surface area contributed by atoms with Crippen LogP contribution >= 0.6 is 0 Å². The monoisotopic (exact) mass is 201 g/mol. The minimum atomic E-state index is 0.602. The van der Waals surface area contributed by atoms with Crippen LogP contribution in [0.25, 0.3) is 11.2 Å². The van der Waals surface area contributed by atoms with Gasteiger partial charge in [0, 0.05) is 12.4 Å². The van der Waals surface area contributed by atoms with E-state index < -0.39 is 0 Å². The standard InChI is InChI=1S/C4H3N5.C4H4N2/c1-3-4(6-2-5-1)8-9-7-3;1-2-5-4-6-3-1/h1-2H,(H,5,6,7,8,9);1-4H. The van der Waals surface area contributed by atoms with Crippen LogP contribution in [0.1, 0.15) is 0 Å². The summed E-state index contributed by atoms with van der Waals surface area (Å²) in [7, 11) is 0. The van der Waals surface area contributed by atoms with Gasteiger partial charge in [-0.1, -0.05) is 5.21 Å². The molecular weight excluding hydrogens is 194 g/mol. The number of nitrogens with zero attached hydrogens (tertiary/aromatic N) is 6. The Morgan fingerprint density at radius 2 is 1.87 bits per heavy atom. The number of hydrogen-bond acceptors (Lipinski definition) is 6. The van der Waals surface area contributed by atoms with E-state index in [2.05, 4.69) is 35.3 Å². The molecular formula is C8H7N7. The van der Waals surface area contributed by atoms with Crippen molar-refractivity contribution in [1.29, 1.82) is 0 Å². The highest BCUT2D eigenvalue weighted by Crippen LogP contribution is 1.96. The van der Waals surface area contributed by atoms with E-state index in [1.54, 1.807) is 24.7 Å². The van der Waals surface area contributed by atoms with E-state index >= 15 is 0 Å². The first kappa shape index (κ1) is 9.13. The molecule has 0 amide bonds. The molecule has 15 heavy (non-hydrogen) atoms. The smallest absolute Gasteiger partial charge is 0.204 e. The summed E-state index contributed by atoms with van der Waals surface area (Å²) in [5.41, 5.74) is 1.36. The highest BCUT2D eigenvalue weighted by atomic mass is 15.3. The molecule has 3 aromatic heterocycles. The lowest BCUT2D eigenvalue weighted by molar-refractivity contribution is 0.954. The number of nitrogens with one attached hydrogen (secondary N) is 1. The van der Waals surface area contributed by atoms with Crippen LogP contribution in [0.15, 0.2) is 37.3 Å². The lowest BCUT2D eigenvalue weighted by atomic mass is 10.6. The molecule has 0 bridgehead atoms. The van der Waals surface area contributed by atoms with E-state index in [0.717, 1.165) is 5.52 Å². The van der Waals surface area contributed by atoms with Gasteiger partial charge in [-0.3, -0.25) is 5.10 Å². The second kappa shape index (κ2) is 4.70. The molecule has 3 rings (SSSR count). The van der Waals surface area contributed by atoms with Crippen molar-refractivity contribution in [2.24, 2.45) is 0 Å². The molecule has 74 valence electrons. The molecule has 0 spiro atoms. The van der Waals surface area contributed by atoms with E-state index in [-0.39, 0.29) is 0 Å². The van der Waals surface area contributed by atoms with Crippen LogP contribution < -0.4 is 0 Å². The largest absolute Gasteiger partial charge is 0.254 e. The van der Waals surface area contributed by atoms with Crippen LogP contribution in [0.3, 0.4) is 0 Å². The van der Waals surface area contributed by atoms with Gasteiger partial charge >= 0.3 is 0 Å². The third-order valence-electron chi connectivity index (χ3n) is 1.48. The molecule has 0 aliphatic carbocycles. The zero-order valence-corrected chi connectivity index (χ0v) is 7.65. The fraction of sp³-hybridized carbons (Fsp3) is 0. The molecule has 0 radical (unpaired) electrons. The van der Waals surface area contributed by atoms with Crippen molar-refractivity contribution < 1.29 is 0 Å². The normalized spacial score (nSPS) is 9.33. The Hall–Kier alpha value is -2.44. The molecule has 1 N–H and O–H groups in total. The van der Waals surface area contributed by atoms with Crippen molar-refractivity contribution >= 4 is 11.2 Å². The molecule has 7 nitrogen and oxygen atoms in total. The Morgan fingerprint density at radius 1 is 1.00 bits per heavy atom. The molecule has 0 unspecified atom stereocenters. The summed E-state index contributed by atoms with van der Waals surface area (Å²) in [6.45, 7) is 0. The molecule has 0 fully saturated rings. The Morgan fingerprint density at radius 3 is 2.47 bits per heavy atom. The lowest BCUT2D eigenvalue weighted by Gasteiger charge is -1.78. The number of aromatic nitrogens is 7. The van der Waals surface area contributed by atoms with Crippen molar-refractivity contribution in [3.63, 3.8) is 0 Å². The summed E-state index contributed by atoms with van der Waals surface area (Å²) in [6.07, 6.45) is 7.94. The molecule has 0 saturated carbocycles. The fourth-order valence-corrected chi connectivity index (χ4v) is 0.861. The zero-order valence-electron chi connectivity index (χ0n) is 7.65. The highest BCUT2D eigenvalue weighted by Gasteiger charge is 1.92. The Kier molecular flexibility index (Phi) is 2.86. The van der Waals surface area contributed by atoms with Gasteiger partial charge in [0.05, 0.1) is 6.20 Å². The lowest BCUT2D eigenvalue weighted by Crippen LogP contribution is -1.76. The second-order valence-electron chi connectivity index (χ2n) is 2.48. The van der Waals surface area contributed by atoms with Gasteiger partial charge in [0.15, 0.2) is 0 Å². The van der Waals surface area contributed by atoms with Gasteiger partial charge in [0.2, 0.25) is 5.65 Å². The molecule has 0 aliphatic heterocycles. The maximum atomic E-state index is 3.83. The van der Waals surface area contributed by atoms with Gasteiger partial charge < -0.3 is 0 Å².